The highest BCUT2D eigenvalue weighted by Crippen LogP contribution is 2.28. The van der Waals surface area contributed by atoms with Crippen LogP contribution in [0.25, 0.3) is 0 Å². The van der Waals surface area contributed by atoms with Gasteiger partial charge in [-0.2, -0.15) is 17.5 Å². The number of nitrogens with zero attached hydrogens (tertiary/aromatic N) is 3. The molecular weight excluding hydrogens is 542 g/mol. The van der Waals surface area contributed by atoms with Gasteiger partial charge in [0.25, 0.3) is 0 Å². The van der Waals surface area contributed by atoms with Crippen LogP contribution >= 0.6 is 24.0 Å². The van der Waals surface area contributed by atoms with Crippen LogP contribution in [0.2, 0.25) is 0 Å². The average molecular weight is 573 g/mol. The van der Waals surface area contributed by atoms with Crippen LogP contribution < -0.4 is 10.6 Å². The Morgan fingerprint density at radius 1 is 1.23 bits per heavy atom. The maximum absolute atomic E-state index is 12.6. The summed E-state index contributed by atoms with van der Waals surface area (Å²) in [7, 11) is -2.15. The SMILES string of the molecule is CN=C(NCCN(C)C(=O)OC(C)(C)C)NC1CCN(S(=O)(=O)C(F)(F)F)CC1.I. The Morgan fingerprint density at radius 2 is 1.77 bits per heavy atom. The third-order valence-corrected chi connectivity index (χ3v) is 5.73. The number of piperidine rings is 1. The van der Waals surface area contributed by atoms with Crippen LogP contribution in [-0.4, -0.2) is 87.1 Å². The van der Waals surface area contributed by atoms with Crippen molar-refractivity contribution in [3.63, 3.8) is 0 Å². The maximum Gasteiger partial charge on any atom is 0.511 e. The fourth-order valence-corrected chi connectivity index (χ4v) is 3.53. The summed E-state index contributed by atoms with van der Waals surface area (Å²) in [4.78, 5) is 17.3. The molecule has 30 heavy (non-hydrogen) atoms. The maximum atomic E-state index is 12.6. The van der Waals surface area contributed by atoms with Crippen molar-refractivity contribution in [2.75, 3.05) is 40.3 Å². The molecule has 0 spiro atoms. The molecule has 1 heterocycles. The molecule has 9 nitrogen and oxygen atoms in total. The summed E-state index contributed by atoms with van der Waals surface area (Å²) in [6.45, 7) is 5.58. The van der Waals surface area contributed by atoms with Crippen LogP contribution in [0.4, 0.5) is 18.0 Å². The number of ether oxygens (including phenoxy) is 1. The van der Waals surface area contributed by atoms with E-state index in [9.17, 15) is 26.4 Å². The van der Waals surface area contributed by atoms with Crippen LogP contribution in [0.1, 0.15) is 33.6 Å². The number of guanidine groups is 1. The van der Waals surface area contributed by atoms with Crippen molar-refractivity contribution >= 4 is 46.1 Å². The molecule has 14 heteroatoms. The number of amides is 1. The number of carbonyl (C=O) groups excluding carboxylic acids is 1. The fourth-order valence-electron chi connectivity index (χ4n) is 2.55. The topological polar surface area (TPSA) is 103 Å². The van der Waals surface area contributed by atoms with Gasteiger partial charge in [-0.3, -0.25) is 4.99 Å². The number of hydrogen-bond acceptors (Lipinski definition) is 5. The van der Waals surface area contributed by atoms with E-state index in [0.29, 0.717) is 23.4 Å². The smallest absolute Gasteiger partial charge is 0.444 e. The normalized spacial score (nSPS) is 17.1. The van der Waals surface area contributed by atoms with E-state index in [2.05, 4.69) is 15.6 Å². The molecule has 1 fully saturated rings. The van der Waals surface area contributed by atoms with E-state index in [1.54, 1.807) is 27.8 Å². The van der Waals surface area contributed by atoms with Gasteiger partial charge in [0.05, 0.1) is 0 Å². The number of halogens is 4. The lowest BCUT2D eigenvalue weighted by Gasteiger charge is -2.32. The quantitative estimate of drug-likeness (QED) is 0.296. The molecule has 0 aliphatic carbocycles. The van der Waals surface area contributed by atoms with E-state index < -0.39 is 27.2 Å². The number of rotatable bonds is 5. The lowest BCUT2D eigenvalue weighted by Crippen LogP contribution is -2.52. The summed E-state index contributed by atoms with van der Waals surface area (Å²) < 4.78 is 66.4. The van der Waals surface area contributed by atoms with Crippen molar-refractivity contribution in [3.8, 4) is 0 Å². The molecule has 0 saturated carbocycles. The predicted molar refractivity (Wildman–Crippen MR) is 118 cm³/mol. The largest absolute Gasteiger partial charge is 0.511 e. The Labute approximate surface area is 192 Å². The van der Waals surface area contributed by atoms with Crippen LogP contribution in [0.15, 0.2) is 4.99 Å². The number of aliphatic imine (C=N–C) groups is 1. The molecule has 1 amide bonds. The van der Waals surface area contributed by atoms with Gasteiger partial charge in [-0.1, -0.05) is 0 Å². The monoisotopic (exact) mass is 573 g/mol. The van der Waals surface area contributed by atoms with Crippen LogP contribution in [0.3, 0.4) is 0 Å². The number of alkyl halides is 3. The summed E-state index contributed by atoms with van der Waals surface area (Å²) in [5, 5.41) is 6.07. The van der Waals surface area contributed by atoms with Gasteiger partial charge in [-0.25, -0.2) is 13.2 Å². The van der Waals surface area contributed by atoms with Gasteiger partial charge >= 0.3 is 21.6 Å². The highest BCUT2D eigenvalue weighted by Gasteiger charge is 2.50. The highest BCUT2D eigenvalue weighted by molar-refractivity contribution is 14.0. The van der Waals surface area contributed by atoms with Gasteiger partial charge in [-0.15, -0.1) is 24.0 Å². The molecule has 1 aliphatic rings. The standard InChI is InChI=1S/C16H30F3N5O4S.HI/c1-15(2,3)28-14(25)23(5)11-8-21-13(20-4)22-12-6-9-24(10-7-12)29(26,27)16(17,18)19;/h12H,6-11H2,1-5H3,(H2,20,21,22);1H. The zero-order chi connectivity index (χ0) is 22.5. The van der Waals surface area contributed by atoms with Gasteiger partial charge in [-0.05, 0) is 33.6 Å². The van der Waals surface area contributed by atoms with E-state index in [1.165, 1.54) is 11.9 Å². The Hall–Kier alpha value is -1.03. The fraction of sp³-hybridized carbons (Fsp3) is 0.875. The number of hydrogen-bond donors (Lipinski definition) is 2. The molecule has 0 aromatic heterocycles. The second-order valence-corrected chi connectivity index (χ2v) is 9.60. The van der Waals surface area contributed by atoms with Crippen molar-refractivity contribution < 1.29 is 31.1 Å². The van der Waals surface area contributed by atoms with E-state index in [4.69, 9.17) is 4.74 Å². The summed E-state index contributed by atoms with van der Waals surface area (Å²) in [5.41, 5.74) is -5.88. The van der Waals surface area contributed by atoms with Gasteiger partial charge < -0.3 is 20.3 Å². The van der Waals surface area contributed by atoms with Gasteiger partial charge in [0, 0.05) is 46.3 Å². The molecule has 0 aromatic rings. The molecule has 0 unspecified atom stereocenters. The summed E-state index contributed by atoms with van der Waals surface area (Å²) >= 11 is 0. The first kappa shape index (κ1) is 29.0. The van der Waals surface area contributed by atoms with Crippen molar-refractivity contribution in [1.82, 2.24) is 19.8 Å². The first-order valence-corrected chi connectivity index (χ1v) is 10.6. The molecule has 0 atom stereocenters. The molecule has 1 saturated heterocycles. The van der Waals surface area contributed by atoms with Gasteiger partial charge in [0.1, 0.15) is 5.60 Å². The third-order valence-electron chi connectivity index (χ3n) is 4.10. The number of carbonyl (C=O) groups is 1. The lowest BCUT2D eigenvalue weighted by molar-refractivity contribution is -0.0494. The Balaban J connectivity index is 0.00000841. The Bertz CT molecular complexity index is 690. The Kier molecular flexibility index (Phi) is 11.2. The highest BCUT2D eigenvalue weighted by atomic mass is 127. The molecule has 0 radical (unpaired) electrons. The molecular formula is C16H31F3IN5O4S. The minimum atomic E-state index is -5.29. The second-order valence-electron chi connectivity index (χ2n) is 7.67. The molecule has 0 bridgehead atoms. The summed E-state index contributed by atoms with van der Waals surface area (Å²) in [6, 6.07) is -0.218. The lowest BCUT2D eigenvalue weighted by atomic mass is 10.1. The minimum absolute atomic E-state index is 0. The molecule has 0 aromatic carbocycles. The van der Waals surface area contributed by atoms with Gasteiger partial charge in [0.2, 0.25) is 0 Å². The number of sulfonamides is 1. The van der Waals surface area contributed by atoms with Crippen LogP contribution in [-0.2, 0) is 14.8 Å². The van der Waals surface area contributed by atoms with Crippen molar-refractivity contribution in [2.24, 2.45) is 4.99 Å². The molecule has 2 N–H and O–H groups in total. The van der Waals surface area contributed by atoms with E-state index in [0.717, 1.165) is 0 Å². The molecule has 178 valence electrons. The van der Waals surface area contributed by atoms with Crippen LogP contribution in [0, 0.1) is 0 Å². The van der Waals surface area contributed by atoms with E-state index in [1.807, 2.05) is 0 Å². The zero-order valence-corrected chi connectivity index (χ0v) is 20.9. The zero-order valence-electron chi connectivity index (χ0n) is 17.7. The predicted octanol–water partition coefficient (Wildman–Crippen LogP) is 1.95. The van der Waals surface area contributed by atoms with E-state index >= 15 is 0 Å². The van der Waals surface area contributed by atoms with E-state index in [-0.39, 0.29) is 55.9 Å². The minimum Gasteiger partial charge on any atom is -0.444 e. The van der Waals surface area contributed by atoms with Crippen molar-refractivity contribution in [1.29, 1.82) is 0 Å². The third kappa shape index (κ3) is 8.99. The first-order chi connectivity index (χ1) is 13.2. The average Bonchev–Trinajstić information content (AvgIpc) is 2.58. The summed E-state index contributed by atoms with van der Waals surface area (Å²) in [6.07, 6.45) is -0.0257. The first-order valence-electron chi connectivity index (χ1n) is 9.15. The second kappa shape index (κ2) is 11.5. The number of likely N-dealkylation sites (N-methyl/N-ethyl adjacent to an activating group) is 1. The van der Waals surface area contributed by atoms with Gasteiger partial charge in [0.15, 0.2) is 5.96 Å². The Morgan fingerprint density at radius 3 is 2.20 bits per heavy atom. The van der Waals surface area contributed by atoms with Crippen LogP contribution in [0.5, 0.6) is 0 Å². The molecule has 1 aliphatic heterocycles. The van der Waals surface area contributed by atoms with Crippen molar-refractivity contribution in [2.45, 2.75) is 50.8 Å². The van der Waals surface area contributed by atoms with Crippen molar-refractivity contribution in [3.05, 3.63) is 0 Å². The number of nitrogens with one attached hydrogen (secondary N) is 2. The summed E-state index contributed by atoms with van der Waals surface area (Å²) in [5.74, 6) is 0.416. The molecule has 1 rings (SSSR count).